The first-order valence-corrected chi connectivity index (χ1v) is 8.05. The van der Waals surface area contributed by atoms with E-state index in [1.54, 1.807) is 6.07 Å². The number of primary amides is 1. The fourth-order valence-corrected chi connectivity index (χ4v) is 3.53. The first-order chi connectivity index (χ1) is 11.2. The lowest BCUT2D eigenvalue weighted by Gasteiger charge is -2.43. The fourth-order valence-electron chi connectivity index (χ4n) is 3.53. The van der Waals surface area contributed by atoms with Crippen LogP contribution in [0.25, 0.3) is 10.9 Å². The van der Waals surface area contributed by atoms with Crippen LogP contribution in [-0.2, 0) is 16.6 Å². The number of nitrogens with one attached hydrogen (secondary N) is 1. The molecule has 128 valence electrons. The van der Waals surface area contributed by atoms with Crippen LogP contribution in [0.1, 0.15) is 37.0 Å². The van der Waals surface area contributed by atoms with Crippen LogP contribution in [0.3, 0.4) is 0 Å². The van der Waals surface area contributed by atoms with Crippen LogP contribution < -0.4 is 11.1 Å². The number of nitrogens with two attached hydrogens (primary N) is 1. The third-order valence-corrected chi connectivity index (χ3v) is 4.75. The number of hydrogen-bond donors (Lipinski definition) is 2. The molecule has 3 N–H and O–H groups in total. The quantitative estimate of drug-likeness (QED) is 0.899. The van der Waals surface area contributed by atoms with Gasteiger partial charge in [-0.1, -0.05) is 6.07 Å². The Balaban J connectivity index is 1.95. The molecule has 1 aliphatic heterocycles. The number of aromatic nitrogens is 1. The SMILES string of the molecule is Cn1ccc2c(C(=O)NC3(C(N)=O)CCOC(C)(C)C3)cccc21. The summed E-state index contributed by atoms with van der Waals surface area (Å²) in [5, 5.41) is 3.75. The van der Waals surface area contributed by atoms with E-state index in [0.717, 1.165) is 10.9 Å². The predicted octanol–water partition coefficient (Wildman–Crippen LogP) is 1.72. The van der Waals surface area contributed by atoms with E-state index in [1.165, 1.54) is 0 Å². The Morgan fingerprint density at radius 3 is 2.71 bits per heavy atom. The van der Waals surface area contributed by atoms with Gasteiger partial charge < -0.3 is 20.4 Å². The first-order valence-electron chi connectivity index (χ1n) is 8.05. The van der Waals surface area contributed by atoms with Crippen LogP contribution in [0.4, 0.5) is 0 Å². The molecule has 1 aromatic carbocycles. The molecule has 0 bridgehead atoms. The van der Waals surface area contributed by atoms with Gasteiger partial charge in [-0.2, -0.15) is 0 Å². The molecule has 1 atom stereocenters. The molecule has 3 rings (SSSR count). The number of carbonyl (C=O) groups is 2. The number of hydrogen-bond acceptors (Lipinski definition) is 3. The summed E-state index contributed by atoms with van der Waals surface area (Å²) >= 11 is 0. The van der Waals surface area contributed by atoms with Crippen molar-refractivity contribution in [3.8, 4) is 0 Å². The Bertz CT molecular complexity index is 809. The van der Waals surface area contributed by atoms with E-state index in [-0.39, 0.29) is 5.91 Å². The van der Waals surface area contributed by atoms with Crippen LogP contribution in [0, 0.1) is 0 Å². The maximum atomic E-state index is 12.9. The number of aryl methyl sites for hydroxylation is 1. The van der Waals surface area contributed by atoms with Crippen molar-refractivity contribution in [3.05, 3.63) is 36.0 Å². The molecule has 0 radical (unpaired) electrons. The highest BCUT2D eigenvalue weighted by atomic mass is 16.5. The minimum Gasteiger partial charge on any atom is -0.375 e. The lowest BCUT2D eigenvalue weighted by atomic mass is 9.80. The topological polar surface area (TPSA) is 86.4 Å². The van der Waals surface area contributed by atoms with Gasteiger partial charge in [-0.05, 0) is 32.0 Å². The molecule has 0 aliphatic carbocycles. The normalized spacial score (nSPS) is 23.1. The van der Waals surface area contributed by atoms with Gasteiger partial charge in [0.2, 0.25) is 5.91 Å². The Morgan fingerprint density at radius 2 is 2.04 bits per heavy atom. The standard InChI is InChI=1S/C18H23N3O3/c1-17(2)11-18(16(19)23,8-10-24-17)20-15(22)13-5-4-6-14-12(13)7-9-21(14)3/h4-7,9H,8,10-11H2,1-3H3,(H2,19,23)(H,20,22). The molecule has 1 saturated heterocycles. The van der Waals surface area contributed by atoms with E-state index in [2.05, 4.69) is 5.32 Å². The molecule has 1 unspecified atom stereocenters. The van der Waals surface area contributed by atoms with Crippen LogP contribution in [0.2, 0.25) is 0 Å². The van der Waals surface area contributed by atoms with Gasteiger partial charge in [0.15, 0.2) is 0 Å². The number of rotatable bonds is 3. The molecular formula is C18H23N3O3. The van der Waals surface area contributed by atoms with Gasteiger partial charge >= 0.3 is 0 Å². The molecule has 0 saturated carbocycles. The summed E-state index contributed by atoms with van der Waals surface area (Å²) in [4.78, 5) is 25.0. The molecule has 0 spiro atoms. The highest BCUT2D eigenvalue weighted by molar-refractivity contribution is 6.08. The molecule has 24 heavy (non-hydrogen) atoms. The Labute approximate surface area is 141 Å². The largest absolute Gasteiger partial charge is 0.375 e. The molecular weight excluding hydrogens is 306 g/mol. The Morgan fingerprint density at radius 1 is 1.29 bits per heavy atom. The third kappa shape index (κ3) is 2.78. The lowest BCUT2D eigenvalue weighted by Crippen LogP contribution is -2.63. The predicted molar refractivity (Wildman–Crippen MR) is 91.6 cm³/mol. The highest BCUT2D eigenvalue weighted by Crippen LogP contribution is 2.32. The zero-order valence-electron chi connectivity index (χ0n) is 14.3. The van der Waals surface area contributed by atoms with E-state index in [0.29, 0.717) is 25.0 Å². The average Bonchev–Trinajstić information content (AvgIpc) is 2.87. The van der Waals surface area contributed by atoms with Crippen LogP contribution in [0.5, 0.6) is 0 Å². The Hall–Kier alpha value is -2.34. The van der Waals surface area contributed by atoms with E-state index in [1.807, 2.05) is 49.9 Å². The smallest absolute Gasteiger partial charge is 0.252 e. The van der Waals surface area contributed by atoms with E-state index >= 15 is 0 Å². The summed E-state index contributed by atoms with van der Waals surface area (Å²) in [6.45, 7) is 4.17. The van der Waals surface area contributed by atoms with Gasteiger partial charge in [0, 0.05) is 42.6 Å². The summed E-state index contributed by atoms with van der Waals surface area (Å²) in [5.41, 5.74) is 5.55. The molecule has 2 aromatic rings. The minimum absolute atomic E-state index is 0.289. The maximum Gasteiger partial charge on any atom is 0.252 e. The third-order valence-electron chi connectivity index (χ3n) is 4.75. The monoisotopic (exact) mass is 329 g/mol. The van der Waals surface area contributed by atoms with Gasteiger partial charge in [-0.15, -0.1) is 0 Å². The van der Waals surface area contributed by atoms with Gasteiger partial charge in [0.1, 0.15) is 5.54 Å². The van der Waals surface area contributed by atoms with Crippen LogP contribution in [-0.4, -0.2) is 34.1 Å². The number of ether oxygens (including phenoxy) is 1. The van der Waals surface area contributed by atoms with Crippen molar-refractivity contribution < 1.29 is 14.3 Å². The van der Waals surface area contributed by atoms with Gasteiger partial charge in [-0.25, -0.2) is 0 Å². The maximum absolute atomic E-state index is 12.9. The fraction of sp³-hybridized carbons (Fsp3) is 0.444. The molecule has 1 fully saturated rings. The van der Waals surface area contributed by atoms with Crippen molar-refractivity contribution in [2.45, 2.75) is 37.8 Å². The molecule has 2 heterocycles. The van der Waals surface area contributed by atoms with Crippen molar-refractivity contribution in [2.24, 2.45) is 12.8 Å². The zero-order chi connectivity index (χ0) is 17.5. The number of carbonyl (C=O) groups excluding carboxylic acids is 2. The van der Waals surface area contributed by atoms with E-state index in [9.17, 15) is 9.59 Å². The summed E-state index contributed by atoms with van der Waals surface area (Å²) in [6, 6.07) is 7.45. The number of fused-ring (bicyclic) bond motifs is 1. The Kier molecular flexibility index (Phi) is 3.87. The second-order valence-corrected chi connectivity index (χ2v) is 7.10. The number of nitrogens with zero attached hydrogens (tertiary/aromatic N) is 1. The number of benzene rings is 1. The van der Waals surface area contributed by atoms with Gasteiger partial charge in [0.25, 0.3) is 5.91 Å². The van der Waals surface area contributed by atoms with Crippen molar-refractivity contribution in [1.29, 1.82) is 0 Å². The van der Waals surface area contributed by atoms with E-state index in [4.69, 9.17) is 10.5 Å². The van der Waals surface area contributed by atoms with Gasteiger partial charge in [0.05, 0.1) is 12.2 Å². The van der Waals surface area contributed by atoms with Gasteiger partial charge in [-0.3, -0.25) is 9.59 Å². The summed E-state index contributed by atoms with van der Waals surface area (Å²) in [5.74, 6) is -0.809. The summed E-state index contributed by atoms with van der Waals surface area (Å²) in [6.07, 6.45) is 2.64. The van der Waals surface area contributed by atoms with E-state index < -0.39 is 17.0 Å². The molecule has 6 heteroatoms. The average molecular weight is 329 g/mol. The van der Waals surface area contributed by atoms with Crippen molar-refractivity contribution in [1.82, 2.24) is 9.88 Å². The van der Waals surface area contributed by atoms with Crippen molar-refractivity contribution in [2.75, 3.05) is 6.61 Å². The second-order valence-electron chi connectivity index (χ2n) is 7.10. The lowest BCUT2D eigenvalue weighted by molar-refractivity contribution is -0.137. The molecule has 1 aliphatic rings. The van der Waals surface area contributed by atoms with Crippen LogP contribution in [0.15, 0.2) is 30.5 Å². The highest BCUT2D eigenvalue weighted by Gasteiger charge is 2.46. The molecule has 1 aromatic heterocycles. The van der Waals surface area contributed by atoms with Crippen LogP contribution >= 0.6 is 0 Å². The summed E-state index contributed by atoms with van der Waals surface area (Å²) < 4.78 is 7.62. The zero-order valence-corrected chi connectivity index (χ0v) is 14.3. The first kappa shape index (κ1) is 16.5. The van der Waals surface area contributed by atoms with Crippen molar-refractivity contribution in [3.63, 3.8) is 0 Å². The molecule has 2 amide bonds. The summed E-state index contributed by atoms with van der Waals surface area (Å²) in [7, 11) is 1.93. The minimum atomic E-state index is -1.09. The second kappa shape index (κ2) is 5.63. The van der Waals surface area contributed by atoms with Crippen molar-refractivity contribution >= 4 is 22.7 Å². The number of amides is 2. The molecule has 6 nitrogen and oxygen atoms in total.